The first-order valence-electron chi connectivity index (χ1n) is 6.94. The lowest BCUT2D eigenvalue weighted by atomic mass is 10.2. The van der Waals surface area contributed by atoms with E-state index in [0.29, 0.717) is 23.8 Å². The Balaban J connectivity index is 2.63. The molecule has 0 fully saturated rings. The fourth-order valence-corrected chi connectivity index (χ4v) is 1.92. The average Bonchev–Trinajstić information content (AvgIpc) is 2.45. The molecule has 0 aliphatic carbocycles. The number of nitrogens with one attached hydrogen (secondary N) is 1. The van der Waals surface area contributed by atoms with Crippen molar-refractivity contribution in [1.29, 1.82) is 0 Å². The molecule has 0 saturated carbocycles. The van der Waals surface area contributed by atoms with E-state index in [1.54, 1.807) is 29.2 Å². The number of rotatable bonds is 6. The molecule has 1 rings (SSSR count). The molecule has 2 amide bonds. The first-order chi connectivity index (χ1) is 9.58. The maximum atomic E-state index is 12.1. The van der Waals surface area contributed by atoms with Gasteiger partial charge in [-0.25, -0.2) is 0 Å². The third-order valence-electron chi connectivity index (χ3n) is 2.86. The van der Waals surface area contributed by atoms with Crippen molar-refractivity contribution in [3.8, 4) is 0 Å². The average molecular weight is 297 g/mol. The highest BCUT2D eigenvalue weighted by molar-refractivity contribution is 6.39. The monoisotopic (exact) mass is 296 g/mol. The van der Waals surface area contributed by atoms with Gasteiger partial charge in [-0.2, -0.15) is 0 Å². The number of carbonyl (C=O) groups excluding carboxylic acids is 2. The summed E-state index contributed by atoms with van der Waals surface area (Å²) in [6, 6.07) is 6.68. The smallest absolute Gasteiger partial charge is 0.313 e. The molecule has 1 N–H and O–H groups in total. The molecular weight excluding hydrogens is 276 g/mol. The van der Waals surface area contributed by atoms with Crippen LogP contribution in [0.15, 0.2) is 24.3 Å². The van der Waals surface area contributed by atoms with Crippen molar-refractivity contribution in [2.24, 2.45) is 0 Å². The molecule has 0 heterocycles. The predicted molar refractivity (Wildman–Crippen MR) is 81.9 cm³/mol. The van der Waals surface area contributed by atoms with Gasteiger partial charge in [-0.1, -0.05) is 31.9 Å². The molecule has 0 aliphatic rings. The molecule has 0 unspecified atom stereocenters. The Morgan fingerprint density at radius 2 is 1.75 bits per heavy atom. The normalized spacial score (nSPS) is 10.2. The van der Waals surface area contributed by atoms with Gasteiger partial charge in [0, 0.05) is 23.8 Å². The van der Waals surface area contributed by atoms with Gasteiger partial charge in [0.25, 0.3) is 0 Å². The molecule has 110 valence electrons. The minimum atomic E-state index is -0.600. The predicted octanol–water partition coefficient (Wildman–Crippen LogP) is 3.32. The molecule has 0 spiro atoms. The number of anilines is 1. The Kier molecular flexibility index (Phi) is 7.09. The summed E-state index contributed by atoms with van der Waals surface area (Å²) in [5, 5.41) is 3.18. The van der Waals surface area contributed by atoms with E-state index in [9.17, 15) is 9.59 Å². The van der Waals surface area contributed by atoms with Crippen LogP contribution in [-0.2, 0) is 9.59 Å². The summed E-state index contributed by atoms with van der Waals surface area (Å²) in [4.78, 5) is 25.6. The second-order valence-corrected chi connectivity index (χ2v) is 5.04. The van der Waals surface area contributed by atoms with Gasteiger partial charge in [0.2, 0.25) is 0 Å². The maximum absolute atomic E-state index is 12.1. The zero-order valence-corrected chi connectivity index (χ0v) is 12.7. The van der Waals surface area contributed by atoms with Crippen molar-refractivity contribution in [3.05, 3.63) is 29.3 Å². The van der Waals surface area contributed by atoms with Crippen molar-refractivity contribution in [2.75, 3.05) is 18.4 Å². The van der Waals surface area contributed by atoms with E-state index >= 15 is 0 Å². The number of amides is 2. The molecule has 1 aromatic carbocycles. The summed E-state index contributed by atoms with van der Waals surface area (Å²) >= 11 is 5.77. The third-order valence-corrected chi connectivity index (χ3v) is 3.11. The molecule has 0 bridgehead atoms. The Hall–Kier alpha value is -1.55. The van der Waals surface area contributed by atoms with Crippen molar-refractivity contribution in [2.45, 2.75) is 33.1 Å². The van der Waals surface area contributed by atoms with Crippen LogP contribution in [0.2, 0.25) is 5.02 Å². The highest BCUT2D eigenvalue weighted by Crippen LogP contribution is 2.13. The lowest BCUT2D eigenvalue weighted by Crippen LogP contribution is -2.40. The van der Waals surface area contributed by atoms with Crippen LogP contribution in [0.1, 0.15) is 33.1 Å². The van der Waals surface area contributed by atoms with Gasteiger partial charge in [0.1, 0.15) is 0 Å². The first kappa shape index (κ1) is 16.5. The molecular formula is C15H21ClN2O2. The Morgan fingerprint density at radius 1 is 1.10 bits per heavy atom. The summed E-state index contributed by atoms with van der Waals surface area (Å²) in [5.41, 5.74) is 0.569. The number of nitrogens with zero attached hydrogens (tertiary/aromatic N) is 1. The van der Waals surface area contributed by atoms with Crippen LogP contribution in [0.3, 0.4) is 0 Å². The van der Waals surface area contributed by atoms with E-state index in [1.807, 2.05) is 6.92 Å². The van der Waals surface area contributed by atoms with E-state index in [0.717, 1.165) is 19.3 Å². The highest BCUT2D eigenvalue weighted by atomic mass is 35.5. The van der Waals surface area contributed by atoms with E-state index < -0.39 is 11.8 Å². The molecule has 20 heavy (non-hydrogen) atoms. The Labute approximate surface area is 125 Å². The highest BCUT2D eigenvalue weighted by Gasteiger charge is 2.20. The molecule has 1 aromatic rings. The number of hydrogen-bond acceptors (Lipinski definition) is 2. The van der Waals surface area contributed by atoms with Gasteiger partial charge in [-0.05, 0) is 37.1 Å². The van der Waals surface area contributed by atoms with Crippen molar-refractivity contribution in [3.63, 3.8) is 0 Å². The third kappa shape index (κ3) is 5.21. The summed E-state index contributed by atoms with van der Waals surface area (Å²) < 4.78 is 0. The molecule has 5 heteroatoms. The van der Waals surface area contributed by atoms with E-state index in [4.69, 9.17) is 11.6 Å². The van der Waals surface area contributed by atoms with Crippen LogP contribution in [0.25, 0.3) is 0 Å². The summed E-state index contributed by atoms with van der Waals surface area (Å²) in [5.74, 6) is -1.08. The van der Waals surface area contributed by atoms with E-state index in [-0.39, 0.29) is 0 Å². The van der Waals surface area contributed by atoms with Crippen LogP contribution in [-0.4, -0.2) is 29.8 Å². The lowest BCUT2D eigenvalue weighted by Gasteiger charge is -2.21. The first-order valence-corrected chi connectivity index (χ1v) is 7.32. The summed E-state index contributed by atoms with van der Waals surface area (Å²) in [6.07, 6.45) is 2.73. The van der Waals surface area contributed by atoms with E-state index in [2.05, 4.69) is 12.2 Å². The number of carbonyl (C=O) groups is 2. The molecule has 0 aromatic heterocycles. The SMILES string of the molecule is CCCCN(CCC)C(=O)C(=O)Nc1ccc(Cl)cc1. The largest absolute Gasteiger partial charge is 0.334 e. The van der Waals surface area contributed by atoms with Crippen LogP contribution < -0.4 is 5.32 Å². The van der Waals surface area contributed by atoms with Gasteiger partial charge in [0.15, 0.2) is 0 Å². The molecule has 0 saturated heterocycles. The number of hydrogen-bond donors (Lipinski definition) is 1. The van der Waals surface area contributed by atoms with Crippen molar-refractivity contribution >= 4 is 29.1 Å². The zero-order chi connectivity index (χ0) is 15.0. The second kappa shape index (κ2) is 8.59. The number of halogens is 1. The fraction of sp³-hybridized carbons (Fsp3) is 0.467. The van der Waals surface area contributed by atoms with Crippen LogP contribution in [0, 0.1) is 0 Å². The number of benzene rings is 1. The molecule has 0 atom stereocenters. The fourth-order valence-electron chi connectivity index (χ4n) is 1.80. The molecule has 4 nitrogen and oxygen atoms in total. The van der Waals surface area contributed by atoms with Gasteiger partial charge in [-0.15, -0.1) is 0 Å². The minimum absolute atomic E-state index is 0.477. The van der Waals surface area contributed by atoms with Gasteiger partial charge in [-0.3, -0.25) is 9.59 Å². The van der Waals surface area contributed by atoms with Gasteiger partial charge in [0.05, 0.1) is 0 Å². The molecule has 0 radical (unpaired) electrons. The summed E-state index contributed by atoms with van der Waals surface area (Å²) in [7, 11) is 0. The Morgan fingerprint density at radius 3 is 2.30 bits per heavy atom. The van der Waals surface area contributed by atoms with Crippen LogP contribution >= 0.6 is 11.6 Å². The second-order valence-electron chi connectivity index (χ2n) is 4.61. The molecule has 0 aliphatic heterocycles. The van der Waals surface area contributed by atoms with Crippen LogP contribution in [0.5, 0.6) is 0 Å². The topological polar surface area (TPSA) is 49.4 Å². The standard InChI is InChI=1S/C15H21ClN2O2/c1-3-5-11-18(10-4-2)15(20)14(19)17-13-8-6-12(16)7-9-13/h6-9H,3-5,10-11H2,1-2H3,(H,17,19). The maximum Gasteiger partial charge on any atom is 0.313 e. The number of unbranched alkanes of at least 4 members (excludes halogenated alkanes) is 1. The minimum Gasteiger partial charge on any atom is -0.334 e. The Bertz CT molecular complexity index is 446. The van der Waals surface area contributed by atoms with Crippen molar-refractivity contribution < 1.29 is 9.59 Å². The van der Waals surface area contributed by atoms with Crippen molar-refractivity contribution in [1.82, 2.24) is 4.90 Å². The lowest BCUT2D eigenvalue weighted by molar-refractivity contribution is -0.143. The zero-order valence-electron chi connectivity index (χ0n) is 12.0. The quantitative estimate of drug-likeness (QED) is 0.819. The van der Waals surface area contributed by atoms with Crippen LogP contribution in [0.4, 0.5) is 5.69 Å². The van der Waals surface area contributed by atoms with Gasteiger partial charge >= 0.3 is 11.8 Å². The van der Waals surface area contributed by atoms with E-state index in [1.165, 1.54) is 0 Å². The van der Waals surface area contributed by atoms with Gasteiger partial charge < -0.3 is 10.2 Å². The summed E-state index contributed by atoms with van der Waals surface area (Å²) in [6.45, 7) is 5.27.